The number of nitrogens with one attached hydrogen (secondary N) is 1. The molecule has 1 atom stereocenters. The van der Waals surface area contributed by atoms with Gasteiger partial charge in [-0.05, 0) is 29.8 Å². The van der Waals surface area contributed by atoms with Crippen LogP contribution in [-0.4, -0.2) is 21.8 Å². The van der Waals surface area contributed by atoms with E-state index in [4.69, 9.17) is 0 Å². The molecular formula is C13H14BrN3O. The Morgan fingerprint density at radius 1 is 1.28 bits per heavy atom. The maximum absolute atomic E-state index is 10.0. The molecule has 0 aliphatic rings. The molecule has 94 valence electrons. The van der Waals surface area contributed by atoms with Gasteiger partial charge in [0.1, 0.15) is 0 Å². The summed E-state index contributed by atoms with van der Waals surface area (Å²) in [5.41, 5.74) is 1.75. The van der Waals surface area contributed by atoms with Gasteiger partial charge in [0.05, 0.1) is 11.8 Å². The molecule has 0 aliphatic heterocycles. The SMILES string of the molecule is OC(CNCc1cccnn1)c1cccc(Br)c1. The van der Waals surface area contributed by atoms with Crippen LogP contribution in [0.15, 0.2) is 47.1 Å². The lowest BCUT2D eigenvalue weighted by atomic mass is 10.1. The third-order valence-corrected chi connectivity index (χ3v) is 3.00. The quantitative estimate of drug-likeness (QED) is 0.888. The highest BCUT2D eigenvalue weighted by atomic mass is 79.9. The fourth-order valence-corrected chi connectivity index (χ4v) is 2.01. The zero-order valence-electron chi connectivity index (χ0n) is 9.75. The van der Waals surface area contributed by atoms with Crippen molar-refractivity contribution in [1.82, 2.24) is 15.5 Å². The van der Waals surface area contributed by atoms with Crippen LogP contribution in [0, 0.1) is 0 Å². The Balaban J connectivity index is 1.83. The van der Waals surface area contributed by atoms with E-state index in [9.17, 15) is 5.11 Å². The average molecular weight is 308 g/mol. The minimum Gasteiger partial charge on any atom is -0.387 e. The zero-order chi connectivity index (χ0) is 12.8. The van der Waals surface area contributed by atoms with Crippen LogP contribution in [-0.2, 0) is 6.54 Å². The lowest BCUT2D eigenvalue weighted by Crippen LogP contribution is -2.21. The Labute approximate surface area is 114 Å². The second kappa shape index (κ2) is 6.58. The van der Waals surface area contributed by atoms with Gasteiger partial charge in [-0.2, -0.15) is 10.2 Å². The first kappa shape index (κ1) is 13.1. The Hall–Kier alpha value is -1.30. The molecule has 0 aliphatic carbocycles. The molecule has 0 spiro atoms. The second-order valence-electron chi connectivity index (χ2n) is 3.92. The van der Waals surface area contributed by atoms with E-state index in [2.05, 4.69) is 31.4 Å². The Bertz CT molecular complexity index is 493. The number of hydrogen-bond acceptors (Lipinski definition) is 4. The summed E-state index contributed by atoms with van der Waals surface area (Å²) in [6.45, 7) is 1.08. The van der Waals surface area contributed by atoms with Crippen molar-refractivity contribution in [3.8, 4) is 0 Å². The molecule has 0 bridgehead atoms. The Morgan fingerprint density at radius 2 is 2.17 bits per heavy atom. The minimum absolute atomic E-state index is 0.479. The number of halogens is 1. The van der Waals surface area contributed by atoms with Crippen LogP contribution in [0.3, 0.4) is 0 Å². The Kier molecular flexibility index (Phi) is 4.81. The van der Waals surface area contributed by atoms with Gasteiger partial charge in [0, 0.05) is 23.8 Å². The van der Waals surface area contributed by atoms with Gasteiger partial charge in [-0.3, -0.25) is 0 Å². The van der Waals surface area contributed by atoms with Gasteiger partial charge in [0.2, 0.25) is 0 Å². The number of rotatable bonds is 5. The fourth-order valence-electron chi connectivity index (χ4n) is 1.60. The number of aliphatic hydroxyl groups excluding tert-OH is 1. The summed E-state index contributed by atoms with van der Waals surface area (Å²) < 4.78 is 0.966. The number of aromatic nitrogens is 2. The molecule has 0 amide bonds. The van der Waals surface area contributed by atoms with Crippen LogP contribution >= 0.6 is 15.9 Å². The normalized spacial score (nSPS) is 12.3. The van der Waals surface area contributed by atoms with E-state index in [1.807, 2.05) is 36.4 Å². The summed E-state index contributed by atoms with van der Waals surface area (Å²) >= 11 is 3.39. The van der Waals surface area contributed by atoms with Crippen molar-refractivity contribution >= 4 is 15.9 Å². The van der Waals surface area contributed by atoms with E-state index < -0.39 is 6.10 Å². The molecule has 2 aromatic rings. The molecule has 0 radical (unpaired) electrons. The van der Waals surface area contributed by atoms with Gasteiger partial charge in [-0.15, -0.1) is 0 Å². The van der Waals surface area contributed by atoms with Crippen LogP contribution in [0.1, 0.15) is 17.4 Å². The van der Waals surface area contributed by atoms with Crippen molar-refractivity contribution in [3.05, 3.63) is 58.3 Å². The van der Waals surface area contributed by atoms with Crippen molar-refractivity contribution < 1.29 is 5.11 Å². The van der Waals surface area contributed by atoms with E-state index in [-0.39, 0.29) is 0 Å². The van der Waals surface area contributed by atoms with Crippen molar-refractivity contribution in [3.63, 3.8) is 0 Å². The molecule has 18 heavy (non-hydrogen) atoms. The first-order chi connectivity index (χ1) is 8.75. The van der Waals surface area contributed by atoms with Crippen molar-refractivity contribution in [2.24, 2.45) is 0 Å². The van der Waals surface area contributed by atoms with Crippen LogP contribution < -0.4 is 5.32 Å². The third kappa shape index (κ3) is 3.87. The lowest BCUT2D eigenvalue weighted by Gasteiger charge is -2.12. The van der Waals surface area contributed by atoms with E-state index >= 15 is 0 Å². The summed E-state index contributed by atoms with van der Waals surface area (Å²) in [6.07, 6.45) is 1.11. The molecule has 1 unspecified atom stereocenters. The molecule has 1 aromatic heterocycles. The number of benzene rings is 1. The number of aliphatic hydroxyl groups is 1. The molecule has 5 heteroatoms. The molecule has 1 heterocycles. The topological polar surface area (TPSA) is 58.0 Å². The largest absolute Gasteiger partial charge is 0.387 e. The third-order valence-electron chi connectivity index (χ3n) is 2.50. The summed E-state index contributed by atoms with van der Waals surface area (Å²) in [6, 6.07) is 11.4. The highest BCUT2D eigenvalue weighted by molar-refractivity contribution is 9.10. The predicted molar refractivity (Wildman–Crippen MR) is 72.8 cm³/mol. The highest BCUT2D eigenvalue weighted by Gasteiger charge is 2.07. The monoisotopic (exact) mass is 307 g/mol. The maximum atomic E-state index is 10.0. The van der Waals surface area contributed by atoms with Crippen LogP contribution in [0.4, 0.5) is 0 Å². The summed E-state index contributed by atoms with van der Waals surface area (Å²) in [5, 5.41) is 20.9. The summed E-state index contributed by atoms with van der Waals surface area (Å²) in [4.78, 5) is 0. The Morgan fingerprint density at radius 3 is 2.89 bits per heavy atom. The molecule has 4 nitrogen and oxygen atoms in total. The molecule has 0 fully saturated rings. The summed E-state index contributed by atoms with van der Waals surface area (Å²) in [7, 11) is 0. The molecular weight excluding hydrogens is 294 g/mol. The van der Waals surface area contributed by atoms with E-state index in [1.165, 1.54) is 0 Å². The molecule has 1 aromatic carbocycles. The van der Waals surface area contributed by atoms with Gasteiger partial charge < -0.3 is 10.4 Å². The van der Waals surface area contributed by atoms with Crippen LogP contribution in [0.2, 0.25) is 0 Å². The van der Waals surface area contributed by atoms with E-state index in [0.29, 0.717) is 13.1 Å². The smallest absolute Gasteiger partial charge is 0.0914 e. The predicted octanol–water partition coefficient (Wildman–Crippen LogP) is 2.06. The van der Waals surface area contributed by atoms with E-state index in [0.717, 1.165) is 15.7 Å². The molecule has 0 saturated carbocycles. The van der Waals surface area contributed by atoms with Crippen LogP contribution in [0.5, 0.6) is 0 Å². The van der Waals surface area contributed by atoms with Crippen molar-refractivity contribution in [2.75, 3.05) is 6.54 Å². The van der Waals surface area contributed by atoms with Gasteiger partial charge in [-0.1, -0.05) is 28.1 Å². The van der Waals surface area contributed by atoms with Gasteiger partial charge >= 0.3 is 0 Å². The van der Waals surface area contributed by atoms with Crippen molar-refractivity contribution in [2.45, 2.75) is 12.6 Å². The lowest BCUT2D eigenvalue weighted by molar-refractivity contribution is 0.174. The number of nitrogens with zero attached hydrogens (tertiary/aromatic N) is 2. The molecule has 0 saturated heterocycles. The fraction of sp³-hybridized carbons (Fsp3) is 0.231. The molecule has 2 N–H and O–H groups in total. The minimum atomic E-state index is -0.529. The standard InChI is InChI=1S/C13H14BrN3O/c14-11-4-1-3-10(7-11)13(18)9-15-8-12-5-2-6-16-17-12/h1-7,13,15,18H,8-9H2. The second-order valence-corrected chi connectivity index (χ2v) is 4.83. The molecule has 2 rings (SSSR count). The average Bonchev–Trinajstić information content (AvgIpc) is 2.40. The van der Waals surface area contributed by atoms with Crippen LogP contribution in [0.25, 0.3) is 0 Å². The highest BCUT2D eigenvalue weighted by Crippen LogP contribution is 2.17. The summed E-state index contributed by atoms with van der Waals surface area (Å²) in [5.74, 6) is 0. The van der Waals surface area contributed by atoms with Gasteiger partial charge in [-0.25, -0.2) is 0 Å². The van der Waals surface area contributed by atoms with E-state index in [1.54, 1.807) is 6.20 Å². The zero-order valence-corrected chi connectivity index (χ0v) is 11.3. The number of hydrogen-bond donors (Lipinski definition) is 2. The first-order valence-electron chi connectivity index (χ1n) is 5.66. The van der Waals surface area contributed by atoms with Gasteiger partial charge in [0.15, 0.2) is 0 Å². The maximum Gasteiger partial charge on any atom is 0.0914 e. The van der Waals surface area contributed by atoms with Crippen molar-refractivity contribution in [1.29, 1.82) is 0 Å². The van der Waals surface area contributed by atoms with Gasteiger partial charge in [0.25, 0.3) is 0 Å². The first-order valence-corrected chi connectivity index (χ1v) is 6.46.